The van der Waals surface area contributed by atoms with Gasteiger partial charge in [-0.25, -0.2) is 4.79 Å². The SMILES string of the molecule is Cn1c2c(cc(N)c1=O)CCN(C(=O)OC(C)(C)C)CC2. The third kappa shape index (κ3) is 3.37. The van der Waals surface area contributed by atoms with E-state index >= 15 is 0 Å². The fourth-order valence-electron chi connectivity index (χ4n) is 2.53. The quantitative estimate of drug-likeness (QED) is 0.782. The second-order valence-electron chi connectivity index (χ2n) is 6.40. The van der Waals surface area contributed by atoms with Crippen molar-refractivity contribution >= 4 is 11.8 Å². The Morgan fingerprint density at radius 3 is 2.52 bits per heavy atom. The molecule has 1 aliphatic rings. The number of anilines is 1. The Morgan fingerprint density at radius 2 is 1.90 bits per heavy atom. The summed E-state index contributed by atoms with van der Waals surface area (Å²) in [7, 11) is 1.72. The molecular weight excluding hydrogens is 270 g/mol. The van der Waals surface area contributed by atoms with Gasteiger partial charge in [-0.3, -0.25) is 4.79 Å². The van der Waals surface area contributed by atoms with Crippen LogP contribution in [0.5, 0.6) is 0 Å². The Kier molecular flexibility index (Phi) is 3.98. The first kappa shape index (κ1) is 15.4. The third-order valence-electron chi connectivity index (χ3n) is 3.58. The molecular formula is C15H23N3O3. The molecule has 1 aromatic rings. The molecule has 0 unspecified atom stereocenters. The standard InChI is InChI=1S/C15H23N3O3/c1-15(2,3)21-14(20)18-7-5-10-9-11(16)13(19)17(4)12(10)6-8-18/h9H,5-8,16H2,1-4H3. The van der Waals surface area contributed by atoms with E-state index in [1.807, 2.05) is 20.8 Å². The zero-order valence-electron chi connectivity index (χ0n) is 13.1. The average Bonchev–Trinajstić information content (AvgIpc) is 2.57. The number of carbonyl (C=O) groups excluding carboxylic acids is 1. The summed E-state index contributed by atoms with van der Waals surface area (Å²) < 4.78 is 6.99. The molecule has 0 saturated carbocycles. The Morgan fingerprint density at radius 1 is 1.29 bits per heavy atom. The van der Waals surface area contributed by atoms with Crippen LogP contribution < -0.4 is 11.3 Å². The summed E-state index contributed by atoms with van der Waals surface area (Å²) >= 11 is 0. The largest absolute Gasteiger partial charge is 0.444 e. The summed E-state index contributed by atoms with van der Waals surface area (Å²) in [6.07, 6.45) is 0.987. The van der Waals surface area contributed by atoms with Gasteiger partial charge in [0.2, 0.25) is 0 Å². The first-order valence-electron chi connectivity index (χ1n) is 7.14. The van der Waals surface area contributed by atoms with Crippen LogP contribution in [0, 0.1) is 0 Å². The summed E-state index contributed by atoms with van der Waals surface area (Å²) in [4.78, 5) is 25.7. The monoisotopic (exact) mass is 293 g/mol. The van der Waals surface area contributed by atoms with E-state index in [9.17, 15) is 9.59 Å². The predicted molar refractivity (Wildman–Crippen MR) is 81.3 cm³/mol. The van der Waals surface area contributed by atoms with Gasteiger partial charge in [0.25, 0.3) is 5.56 Å². The Bertz CT molecular complexity index is 614. The number of carbonyl (C=O) groups is 1. The van der Waals surface area contributed by atoms with Crippen molar-refractivity contribution < 1.29 is 9.53 Å². The average molecular weight is 293 g/mol. The molecule has 0 aromatic carbocycles. The minimum absolute atomic E-state index is 0.181. The van der Waals surface area contributed by atoms with Gasteiger partial charge in [-0.2, -0.15) is 0 Å². The van der Waals surface area contributed by atoms with E-state index in [-0.39, 0.29) is 17.3 Å². The highest BCUT2D eigenvalue weighted by Crippen LogP contribution is 2.18. The van der Waals surface area contributed by atoms with Crippen molar-refractivity contribution in [1.29, 1.82) is 0 Å². The van der Waals surface area contributed by atoms with Crippen molar-refractivity contribution in [1.82, 2.24) is 9.47 Å². The lowest BCUT2D eigenvalue weighted by atomic mass is 10.1. The normalized spacial score (nSPS) is 15.3. The van der Waals surface area contributed by atoms with Crippen molar-refractivity contribution in [3.63, 3.8) is 0 Å². The highest BCUT2D eigenvalue weighted by Gasteiger charge is 2.25. The fourth-order valence-corrected chi connectivity index (χ4v) is 2.53. The van der Waals surface area contributed by atoms with E-state index in [4.69, 9.17) is 10.5 Å². The maximum atomic E-state index is 12.1. The third-order valence-corrected chi connectivity index (χ3v) is 3.58. The van der Waals surface area contributed by atoms with Crippen LogP contribution in [0.25, 0.3) is 0 Å². The second-order valence-corrected chi connectivity index (χ2v) is 6.40. The number of rotatable bonds is 0. The molecule has 6 heteroatoms. The molecule has 1 amide bonds. The molecule has 0 radical (unpaired) electrons. The number of ether oxygens (including phenoxy) is 1. The molecule has 0 spiro atoms. The maximum Gasteiger partial charge on any atom is 0.410 e. The van der Waals surface area contributed by atoms with E-state index in [1.165, 1.54) is 0 Å². The minimum atomic E-state index is -0.506. The Balaban J connectivity index is 2.20. The van der Waals surface area contributed by atoms with Gasteiger partial charge in [-0.05, 0) is 38.8 Å². The van der Waals surface area contributed by atoms with Gasteiger partial charge < -0.3 is 19.9 Å². The van der Waals surface area contributed by atoms with E-state index in [0.29, 0.717) is 25.9 Å². The molecule has 0 bridgehead atoms. The van der Waals surface area contributed by atoms with Crippen molar-refractivity contribution in [3.05, 3.63) is 27.7 Å². The van der Waals surface area contributed by atoms with Crippen LogP contribution in [0.1, 0.15) is 32.0 Å². The van der Waals surface area contributed by atoms with Gasteiger partial charge >= 0.3 is 6.09 Å². The van der Waals surface area contributed by atoms with E-state index in [1.54, 1.807) is 22.6 Å². The second kappa shape index (κ2) is 5.42. The number of hydrogen-bond donors (Lipinski definition) is 1. The zero-order valence-corrected chi connectivity index (χ0v) is 13.1. The van der Waals surface area contributed by atoms with Crippen molar-refractivity contribution in [2.45, 2.75) is 39.2 Å². The van der Waals surface area contributed by atoms with Crippen molar-refractivity contribution in [3.8, 4) is 0 Å². The topological polar surface area (TPSA) is 77.6 Å². The van der Waals surface area contributed by atoms with Crippen LogP contribution in [0.3, 0.4) is 0 Å². The summed E-state index contributed by atoms with van der Waals surface area (Å²) in [5.74, 6) is 0. The smallest absolute Gasteiger partial charge is 0.410 e. The van der Waals surface area contributed by atoms with Gasteiger partial charge in [0, 0.05) is 32.3 Å². The summed E-state index contributed by atoms with van der Waals surface area (Å²) in [5.41, 5.74) is 7.27. The molecule has 6 nitrogen and oxygen atoms in total. The Labute approximate surface area is 124 Å². The van der Waals surface area contributed by atoms with Crippen molar-refractivity contribution in [2.24, 2.45) is 7.05 Å². The molecule has 1 aliphatic heterocycles. The highest BCUT2D eigenvalue weighted by molar-refractivity contribution is 5.68. The fraction of sp³-hybridized carbons (Fsp3) is 0.600. The first-order valence-corrected chi connectivity index (χ1v) is 7.14. The van der Waals surface area contributed by atoms with Crippen LogP contribution in [-0.2, 0) is 24.6 Å². The van der Waals surface area contributed by atoms with E-state index < -0.39 is 5.60 Å². The molecule has 116 valence electrons. The molecule has 0 saturated heterocycles. The minimum Gasteiger partial charge on any atom is -0.444 e. The van der Waals surface area contributed by atoms with Crippen molar-refractivity contribution in [2.75, 3.05) is 18.8 Å². The van der Waals surface area contributed by atoms with Crippen LogP contribution in [0.2, 0.25) is 0 Å². The molecule has 1 aromatic heterocycles. The number of aromatic nitrogens is 1. The lowest BCUT2D eigenvalue weighted by molar-refractivity contribution is 0.0258. The van der Waals surface area contributed by atoms with Crippen LogP contribution in [-0.4, -0.2) is 34.3 Å². The lowest BCUT2D eigenvalue weighted by Gasteiger charge is -2.26. The zero-order chi connectivity index (χ0) is 15.8. The molecule has 21 heavy (non-hydrogen) atoms. The molecule has 2 N–H and O–H groups in total. The number of pyridine rings is 1. The van der Waals surface area contributed by atoms with Crippen LogP contribution >= 0.6 is 0 Å². The lowest BCUT2D eigenvalue weighted by Crippen LogP contribution is -2.38. The number of hydrogen-bond acceptors (Lipinski definition) is 4. The number of fused-ring (bicyclic) bond motifs is 1. The summed E-state index contributed by atoms with van der Waals surface area (Å²) in [6, 6.07) is 1.73. The van der Waals surface area contributed by atoms with E-state index in [0.717, 1.165) is 11.3 Å². The number of amides is 1. The number of nitrogens with two attached hydrogens (primary N) is 1. The van der Waals surface area contributed by atoms with Crippen LogP contribution in [0.15, 0.2) is 10.9 Å². The molecule has 0 atom stereocenters. The van der Waals surface area contributed by atoms with Crippen LogP contribution in [0.4, 0.5) is 10.5 Å². The van der Waals surface area contributed by atoms with Gasteiger partial charge in [-0.1, -0.05) is 0 Å². The van der Waals surface area contributed by atoms with Gasteiger partial charge in [0.05, 0.1) is 5.69 Å². The van der Waals surface area contributed by atoms with Gasteiger partial charge in [-0.15, -0.1) is 0 Å². The summed E-state index contributed by atoms with van der Waals surface area (Å²) in [5, 5.41) is 0. The summed E-state index contributed by atoms with van der Waals surface area (Å²) in [6.45, 7) is 6.66. The van der Waals surface area contributed by atoms with E-state index in [2.05, 4.69) is 0 Å². The predicted octanol–water partition coefficient (Wildman–Crippen LogP) is 1.30. The maximum absolute atomic E-state index is 12.1. The molecule has 0 fully saturated rings. The molecule has 2 rings (SSSR count). The first-order chi connectivity index (χ1) is 9.69. The Hall–Kier alpha value is -1.98. The van der Waals surface area contributed by atoms with Gasteiger partial charge in [0.15, 0.2) is 0 Å². The molecule has 0 aliphatic carbocycles. The highest BCUT2D eigenvalue weighted by atomic mass is 16.6. The molecule has 2 heterocycles. The number of nitrogen functional groups attached to an aromatic ring is 1. The van der Waals surface area contributed by atoms with Gasteiger partial charge in [0.1, 0.15) is 5.60 Å². The number of nitrogens with zero attached hydrogens (tertiary/aromatic N) is 2.